The van der Waals surface area contributed by atoms with Crippen molar-refractivity contribution in [3.8, 4) is 0 Å². The summed E-state index contributed by atoms with van der Waals surface area (Å²) in [6.45, 7) is 3.31. The number of carbonyl (C=O) groups excluding carboxylic acids is 1. The van der Waals surface area contributed by atoms with E-state index in [1.165, 1.54) is 0 Å². The highest BCUT2D eigenvalue weighted by Crippen LogP contribution is 1.96. The molecular formula is C3H3N3O. The summed E-state index contributed by atoms with van der Waals surface area (Å²) in [7, 11) is 0. The molecular weight excluding hydrogens is 94.1 g/mol. The topological polar surface area (TPSA) is 53.8 Å². The number of nitrogens with one attached hydrogen (secondary N) is 1. The summed E-state index contributed by atoms with van der Waals surface area (Å²) in [6, 6.07) is -0.440. The van der Waals surface area contributed by atoms with Crippen LogP contribution in [-0.2, 0) is 0 Å². The molecule has 7 heavy (non-hydrogen) atoms. The van der Waals surface area contributed by atoms with Gasteiger partial charge in [0.05, 0.1) is 0 Å². The Balaban J connectivity index is 2.76. The molecule has 0 spiro atoms. The van der Waals surface area contributed by atoms with Crippen LogP contribution in [0.5, 0.6) is 0 Å². The van der Waals surface area contributed by atoms with Gasteiger partial charge in [0.1, 0.15) is 5.82 Å². The van der Waals surface area contributed by atoms with Crippen molar-refractivity contribution in [3.63, 3.8) is 0 Å². The predicted molar refractivity (Wildman–Crippen MR) is 22.5 cm³/mol. The van der Waals surface area contributed by atoms with Crippen molar-refractivity contribution in [2.75, 3.05) is 0 Å². The van der Waals surface area contributed by atoms with Crippen molar-refractivity contribution in [3.05, 3.63) is 12.4 Å². The molecule has 0 saturated heterocycles. The van der Waals surface area contributed by atoms with Gasteiger partial charge in [-0.1, -0.05) is 11.7 Å². The second-order valence-corrected chi connectivity index (χ2v) is 1.08. The van der Waals surface area contributed by atoms with E-state index in [4.69, 9.17) is 0 Å². The van der Waals surface area contributed by atoms with Gasteiger partial charge < -0.3 is 0 Å². The number of hydrogen-bond acceptors (Lipinski definition) is 2. The molecule has 0 aliphatic carbocycles. The fourth-order valence-corrected chi connectivity index (χ4v) is 0.279. The lowest BCUT2D eigenvalue weighted by Gasteiger charge is -1.80. The number of azo groups is 1. The first-order valence-electron chi connectivity index (χ1n) is 1.70. The molecule has 4 nitrogen and oxygen atoms in total. The average Bonchev–Trinajstić information content (AvgIpc) is 1.87. The third-order valence-electron chi connectivity index (χ3n) is 0.513. The number of amides is 2. The molecule has 0 atom stereocenters. The van der Waals surface area contributed by atoms with Crippen LogP contribution < -0.4 is 5.32 Å². The zero-order valence-corrected chi connectivity index (χ0v) is 3.51. The Morgan fingerprint density at radius 2 is 2.29 bits per heavy atom. The van der Waals surface area contributed by atoms with Gasteiger partial charge in [-0.2, -0.15) is 0 Å². The normalized spacial score (nSPS) is 17.7. The van der Waals surface area contributed by atoms with Gasteiger partial charge in [-0.15, -0.1) is 5.11 Å². The molecule has 0 unspecified atom stereocenters. The lowest BCUT2D eigenvalue weighted by Crippen LogP contribution is -2.09. The van der Waals surface area contributed by atoms with E-state index in [2.05, 4.69) is 22.1 Å². The Morgan fingerprint density at radius 1 is 1.57 bits per heavy atom. The molecule has 0 aromatic rings. The fourth-order valence-electron chi connectivity index (χ4n) is 0.279. The Hall–Kier alpha value is -1.19. The maximum atomic E-state index is 10.0. The summed E-state index contributed by atoms with van der Waals surface area (Å²) in [4.78, 5) is 10.0. The minimum atomic E-state index is -0.440. The van der Waals surface area contributed by atoms with Gasteiger partial charge in [-0.05, 0) is 0 Å². The van der Waals surface area contributed by atoms with Crippen molar-refractivity contribution in [1.82, 2.24) is 5.32 Å². The van der Waals surface area contributed by atoms with Crippen LogP contribution in [0.4, 0.5) is 4.79 Å². The lowest BCUT2D eigenvalue weighted by atomic mass is 10.8. The maximum absolute atomic E-state index is 10.0. The Bertz CT molecular complexity index is 132. The molecule has 0 radical (unpaired) electrons. The average molecular weight is 97.1 g/mol. The zero-order valence-electron chi connectivity index (χ0n) is 3.51. The second-order valence-electron chi connectivity index (χ2n) is 1.08. The van der Waals surface area contributed by atoms with Crippen LogP contribution in [0.15, 0.2) is 22.6 Å². The SMILES string of the molecule is C=C1N=NC(=O)N1. The second kappa shape index (κ2) is 1.14. The third-order valence-corrected chi connectivity index (χ3v) is 0.513. The Labute approximate surface area is 39.9 Å². The van der Waals surface area contributed by atoms with Gasteiger partial charge in [0.15, 0.2) is 0 Å². The van der Waals surface area contributed by atoms with E-state index in [1.54, 1.807) is 0 Å². The molecule has 0 fully saturated rings. The van der Waals surface area contributed by atoms with Crippen molar-refractivity contribution in [2.24, 2.45) is 10.2 Å². The van der Waals surface area contributed by atoms with Crippen LogP contribution >= 0.6 is 0 Å². The predicted octanol–water partition coefficient (Wildman–Crippen LogP) is 0.633. The number of rotatable bonds is 0. The highest BCUT2D eigenvalue weighted by Gasteiger charge is 2.05. The molecule has 0 aromatic heterocycles. The quantitative estimate of drug-likeness (QED) is 0.473. The van der Waals surface area contributed by atoms with E-state index in [1.807, 2.05) is 0 Å². The molecule has 0 saturated carbocycles. The van der Waals surface area contributed by atoms with Crippen molar-refractivity contribution in [2.45, 2.75) is 0 Å². The van der Waals surface area contributed by atoms with Crippen LogP contribution in [0.25, 0.3) is 0 Å². The Morgan fingerprint density at radius 3 is 2.43 bits per heavy atom. The number of nitrogens with zero attached hydrogens (tertiary/aromatic N) is 2. The first-order chi connectivity index (χ1) is 3.29. The molecule has 1 rings (SSSR count). The van der Waals surface area contributed by atoms with E-state index in [9.17, 15) is 4.79 Å². The van der Waals surface area contributed by atoms with Crippen molar-refractivity contribution < 1.29 is 4.79 Å². The minimum absolute atomic E-state index is 0.310. The Kier molecular flexibility index (Phi) is 0.651. The summed E-state index contributed by atoms with van der Waals surface area (Å²) >= 11 is 0. The standard InChI is InChI=1S/C3H3N3O/c1-2-4-3(7)6-5-2/h1H2,(H,4,7). The highest BCUT2D eigenvalue weighted by atomic mass is 16.2. The molecule has 1 aliphatic heterocycles. The summed E-state index contributed by atoms with van der Waals surface area (Å²) in [5.74, 6) is 0.310. The zero-order chi connectivity index (χ0) is 5.28. The van der Waals surface area contributed by atoms with Gasteiger partial charge in [0.25, 0.3) is 0 Å². The molecule has 4 heteroatoms. The molecule has 1 aliphatic rings. The molecule has 0 aromatic carbocycles. The summed E-state index contributed by atoms with van der Waals surface area (Å²) in [5, 5.41) is 8.63. The van der Waals surface area contributed by atoms with E-state index in [-0.39, 0.29) is 0 Å². The minimum Gasteiger partial charge on any atom is -0.288 e. The van der Waals surface area contributed by atoms with E-state index < -0.39 is 6.03 Å². The van der Waals surface area contributed by atoms with Crippen LogP contribution in [0, 0.1) is 0 Å². The summed E-state index contributed by atoms with van der Waals surface area (Å²) < 4.78 is 0. The first kappa shape index (κ1) is 3.98. The van der Waals surface area contributed by atoms with Gasteiger partial charge in [0.2, 0.25) is 0 Å². The fraction of sp³-hybridized carbons (Fsp3) is 0. The maximum Gasteiger partial charge on any atom is 0.365 e. The number of urea groups is 1. The van der Waals surface area contributed by atoms with Gasteiger partial charge in [0, 0.05) is 0 Å². The molecule has 36 valence electrons. The first-order valence-corrected chi connectivity index (χ1v) is 1.70. The lowest BCUT2D eigenvalue weighted by molar-refractivity contribution is 0.253. The summed E-state index contributed by atoms with van der Waals surface area (Å²) in [5.41, 5.74) is 0. The number of carbonyl (C=O) groups is 1. The van der Waals surface area contributed by atoms with Crippen LogP contribution in [-0.4, -0.2) is 6.03 Å². The molecule has 1 heterocycles. The largest absolute Gasteiger partial charge is 0.365 e. The van der Waals surface area contributed by atoms with Crippen LogP contribution in [0.3, 0.4) is 0 Å². The van der Waals surface area contributed by atoms with Crippen molar-refractivity contribution in [1.29, 1.82) is 0 Å². The highest BCUT2D eigenvalue weighted by molar-refractivity contribution is 5.77. The molecule has 2 amide bonds. The van der Waals surface area contributed by atoms with Crippen molar-refractivity contribution >= 4 is 6.03 Å². The van der Waals surface area contributed by atoms with Gasteiger partial charge >= 0.3 is 6.03 Å². The van der Waals surface area contributed by atoms with E-state index in [0.29, 0.717) is 5.82 Å². The summed E-state index contributed by atoms with van der Waals surface area (Å²) in [6.07, 6.45) is 0. The van der Waals surface area contributed by atoms with Gasteiger partial charge in [-0.25, -0.2) is 4.79 Å². The van der Waals surface area contributed by atoms with Gasteiger partial charge in [-0.3, -0.25) is 5.32 Å². The van der Waals surface area contributed by atoms with Crippen LogP contribution in [0.1, 0.15) is 0 Å². The number of hydrogen-bond donors (Lipinski definition) is 1. The van der Waals surface area contributed by atoms with Crippen LogP contribution in [0.2, 0.25) is 0 Å². The monoisotopic (exact) mass is 97.0 g/mol. The van der Waals surface area contributed by atoms with E-state index in [0.717, 1.165) is 0 Å². The molecule has 1 N–H and O–H groups in total. The molecule has 0 bridgehead atoms. The third kappa shape index (κ3) is 0.623. The smallest absolute Gasteiger partial charge is 0.288 e. The van der Waals surface area contributed by atoms with E-state index >= 15 is 0 Å².